The molecule has 2 aromatic rings. The van der Waals surface area contributed by atoms with Crippen molar-refractivity contribution in [2.75, 3.05) is 18.1 Å². The van der Waals surface area contributed by atoms with Crippen molar-refractivity contribution in [1.82, 2.24) is 5.32 Å². The number of fused-ring (bicyclic) bond motifs is 1. The third-order valence-electron chi connectivity index (χ3n) is 3.91. The van der Waals surface area contributed by atoms with Crippen molar-refractivity contribution in [2.24, 2.45) is 0 Å². The molecule has 130 valence electrons. The molecule has 0 bridgehead atoms. The number of anilines is 1. The number of imide groups is 1. The lowest BCUT2D eigenvalue weighted by atomic mass is 10.1. The van der Waals surface area contributed by atoms with Crippen LogP contribution in [0.2, 0.25) is 0 Å². The highest BCUT2D eigenvalue weighted by Gasteiger charge is 2.37. The zero-order valence-corrected chi connectivity index (χ0v) is 14.1. The van der Waals surface area contributed by atoms with Crippen LogP contribution in [0.1, 0.15) is 38.0 Å². The number of terminal acetylenes is 1. The van der Waals surface area contributed by atoms with Gasteiger partial charge in [-0.2, -0.15) is 0 Å². The van der Waals surface area contributed by atoms with Crippen LogP contribution in [0.3, 0.4) is 0 Å². The molecule has 6 heteroatoms. The summed E-state index contributed by atoms with van der Waals surface area (Å²) in [6.45, 7) is 2.48. The van der Waals surface area contributed by atoms with E-state index < -0.39 is 17.7 Å². The van der Waals surface area contributed by atoms with Gasteiger partial charge in [0, 0.05) is 5.56 Å². The van der Waals surface area contributed by atoms with Gasteiger partial charge in [0.1, 0.15) is 5.75 Å². The second-order valence-electron chi connectivity index (χ2n) is 5.52. The molecular formula is C20H16N2O4. The third-order valence-corrected chi connectivity index (χ3v) is 3.91. The Kier molecular flexibility index (Phi) is 4.72. The Labute approximate surface area is 150 Å². The molecule has 1 N–H and O–H groups in total. The van der Waals surface area contributed by atoms with Crippen LogP contribution >= 0.6 is 0 Å². The lowest BCUT2D eigenvalue weighted by Crippen LogP contribution is -2.29. The zero-order valence-electron chi connectivity index (χ0n) is 14.1. The van der Waals surface area contributed by atoms with Gasteiger partial charge in [-0.05, 0) is 49.4 Å². The third kappa shape index (κ3) is 3.03. The Bertz CT molecular complexity index is 926. The van der Waals surface area contributed by atoms with Crippen molar-refractivity contribution in [3.8, 4) is 18.1 Å². The van der Waals surface area contributed by atoms with Crippen molar-refractivity contribution in [3.05, 3.63) is 59.2 Å². The number of amides is 3. The van der Waals surface area contributed by atoms with E-state index in [4.69, 9.17) is 11.2 Å². The maximum Gasteiger partial charge on any atom is 0.266 e. The highest BCUT2D eigenvalue weighted by Crippen LogP contribution is 2.30. The summed E-state index contributed by atoms with van der Waals surface area (Å²) in [5, 5.41) is 2.53. The minimum Gasteiger partial charge on any atom is -0.494 e. The summed E-state index contributed by atoms with van der Waals surface area (Å²) in [7, 11) is 0. The van der Waals surface area contributed by atoms with Crippen LogP contribution in [-0.4, -0.2) is 30.9 Å². The van der Waals surface area contributed by atoms with Crippen LogP contribution in [0.15, 0.2) is 42.5 Å². The second kappa shape index (κ2) is 7.11. The molecule has 0 saturated carbocycles. The molecule has 26 heavy (non-hydrogen) atoms. The molecule has 0 spiro atoms. The van der Waals surface area contributed by atoms with Crippen LogP contribution in [-0.2, 0) is 0 Å². The standard InChI is InChI=1S/C20H16N2O4/c1-3-11-21-18(23)13-5-10-16-17(12-13)20(25)22(19(16)24)14-6-8-15(9-7-14)26-4-2/h1,5-10,12H,4,11H2,2H3,(H,21,23). The van der Waals surface area contributed by atoms with Crippen LogP contribution in [0, 0.1) is 12.3 Å². The molecule has 0 aliphatic carbocycles. The predicted molar refractivity (Wildman–Crippen MR) is 96.4 cm³/mol. The first-order valence-corrected chi connectivity index (χ1v) is 8.04. The molecule has 3 rings (SSSR count). The lowest BCUT2D eigenvalue weighted by molar-refractivity contribution is 0.0924. The number of rotatable bonds is 5. The van der Waals surface area contributed by atoms with Crippen molar-refractivity contribution in [3.63, 3.8) is 0 Å². The maximum absolute atomic E-state index is 12.7. The molecule has 0 unspecified atom stereocenters. The van der Waals surface area contributed by atoms with Gasteiger partial charge in [-0.1, -0.05) is 5.92 Å². The molecular weight excluding hydrogens is 332 g/mol. The summed E-state index contributed by atoms with van der Waals surface area (Å²) in [5.74, 6) is 1.66. The molecule has 0 aromatic heterocycles. The molecule has 3 amide bonds. The lowest BCUT2D eigenvalue weighted by Gasteiger charge is -2.14. The molecule has 1 heterocycles. The van der Waals surface area contributed by atoms with E-state index in [2.05, 4.69) is 11.2 Å². The van der Waals surface area contributed by atoms with Gasteiger partial charge >= 0.3 is 0 Å². The van der Waals surface area contributed by atoms with E-state index in [0.29, 0.717) is 18.0 Å². The Morgan fingerprint density at radius 1 is 1.12 bits per heavy atom. The largest absolute Gasteiger partial charge is 0.494 e. The molecule has 2 aromatic carbocycles. The van der Waals surface area contributed by atoms with E-state index in [1.54, 1.807) is 24.3 Å². The summed E-state index contributed by atoms with van der Waals surface area (Å²) in [6.07, 6.45) is 5.12. The Balaban J connectivity index is 1.90. The normalized spacial score (nSPS) is 12.5. The minimum absolute atomic E-state index is 0.0844. The fourth-order valence-corrected chi connectivity index (χ4v) is 2.71. The predicted octanol–water partition coefficient (Wildman–Crippen LogP) is 2.25. The smallest absolute Gasteiger partial charge is 0.266 e. The monoisotopic (exact) mass is 348 g/mol. The SMILES string of the molecule is C#CCNC(=O)c1ccc2c(c1)C(=O)N(c1ccc(OCC)cc1)C2=O. The number of hydrogen-bond donors (Lipinski definition) is 1. The van der Waals surface area contributed by atoms with E-state index in [1.807, 2.05) is 6.92 Å². The van der Waals surface area contributed by atoms with Crippen molar-refractivity contribution in [2.45, 2.75) is 6.92 Å². The molecule has 6 nitrogen and oxygen atoms in total. The van der Waals surface area contributed by atoms with Crippen molar-refractivity contribution < 1.29 is 19.1 Å². The number of benzene rings is 2. The molecule has 0 atom stereocenters. The van der Waals surface area contributed by atoms with Gasteiger partial charge in [-0.25, -0.2) is 4.90 Å². The summed E-state index contributed by atoms with van der Waals surface area (Å²) >= 11 is 0. The molecule has 0 fully saturated rings. The van der Waals surface area contributed by atoms with E-state index >= 15 is 0 Å². The number of nitrogens with one attached hydrogen (secondary N) is 1. The van der Waals surface area contributed by atoms with Crippen LogP contribution < -0.4 is 15.0 Å². The first-order chi connectivity index (χ1) is 12.6. The summed E-state index contributed by atoms with van der Waals surface area (Å²) in [5.41, 5.74) is 1.17. The Hall–Kier alpha value is -3.59. The summed E-state index contributed by atoms with van der Waals surface area (Å²) in [4.78, 5) is 38.4. The highest BCUT2D eigenvalue weighted by molar-refractivity contribution is 6.34. The first kappa shape index (κ1) is 17.2. The topological polar surface area (TPSA) is 75.7 Å². The van der Waals surface area contributed by atoms with Crippen LogP contribution in [0.25, 0.3) is 0 Å². The van der Waals surface area contributed by atoms with Crippen LogP contribution in [0.4, 0.5) is 5.69 Å². The first-order valence-electron chi connectivity index (χ1n) is 8.04. The van der Waals surface area contributed by atoms with Gasteiger partial charge in [0.2, 0.25) is 0 Å². The average Bonchev–Trinajstić information content (AvgIpc) is 2.91. The Morgan fingerprint density at radius 2 is 1.81 bits per heavy atom. The van der Waals surface area contributed by atoms with E-state index in [9.17, 15) is 14.4 Å². The molecule has 0 radical (unpaired) electrons. The van der Waals surface area contributed by atoms with Gasteiger partial charge in [-0.15, -0.1) is 6.42 Å². The number of nitrogens with zero attached hydrogens (tertiary/aromatic N) is 1. The molecule has 0 saturated heterocycles. The highest BCUT2D eigenvalue weighted by atomic mass is 16.5. The van der Waals surface area contributed by atoms with Crippen molar-refractivity contribution in [1.29, 1.82) is 0 Å². The minimum atomic E-state index is -0.472. The van der Waals surface area contributed by atoms with Gasteiger partial charge < -0.3 is 10.1 Å². The maximum atomic E-state index is 12.7. The summed E-state index contributed by atoms with van der Waals surface area (Å²) < 4.78 is 5.37. The van der Waals surface area contributed by atoms with E-state index in [-0.39, 0.29) is 23.2 Å². The van der Waals surface area contributed by atoms with E-state index in [1.165, 1.54) is 18.2 Å². The van der Waals surface area contributed by atoms with E-state index in [0.717, 1.165) is 4.90 Å². The second-order valence-corrected chi connectivity index (χ2v) is 5.52. The fourth-order valence-electron chi connectivity index (χ4n) is 2.71. The fraction of sp³-hybridized carbons (Fsp3) is 0.150. The van der Waals surface area contributed by atoms with Gasteiger partial charge in [0.05, 0.1) is 30.0 Å². The van der Waals surface area contributed by atoms with Crippen molar-refractivity contribution >= 4 is 23.4 Å². The van der Waals surface area contributed by atoms with Gasteiger partial charge in [0.25, 0.3) is 17.7 Å². The molecule has 1 aliphatic rings. The quantitative estimate of drug-likeness (QED) is 0.664. The van der Waals surface area contributed by atoms with Gasteiger partial charge in [0.15, 0.2) is 0 Å². The van der Waals surface area contributed by atoms with Gasteiger partial charge in [-0.3, -0.25) is 14.4 Å². The average molecular weight is 348 g/mol. The molecule has 1 aliphatic heterocycles. The number of hydrogen-bond acceptors (Lipinski definition) is 4. The summed E-state index contributed by atoms with van der Waals surface area (Å²) in [6, 6.07) is 11.1. The number of ether oxygens (including phenoxy) is 1. The van der Waals surface area contributed by atoms with Crippen LogP contribution in [0.5, 0.6) is 5.75 Å². The number of carbonyl (C=O) groups is 3. The zero-order chi connectivity index (χ0) is 18.7. The Morgan fingerprint density at radius 3 is 2.46 bits per heavy atom. The number of carbonyl (C=O) groups excluding carboxylic acids is 3.